The summed E-state index contributed by atoms with van der Waals surface area (Å²) in [5.41, 5.74) is 1.23. The van der Waals surface area contributed by atoms with Gasteiger partial charge in [0.25, 0.3) is 0 Å². The molecule has 0 saturated carbocycles. The van der Waals surface area contributed by atoms with Crippen molar-refractivity contribution in [3.63, 3.8) is 0 Å². The van der Waals surface area contributed by atoms with Crippen molar-refractivity contribution in [1.29, 1.82) is 0 Å². The predicted octanol–water partition coefficient (Wildman–Crippen LogP) is 1.05. The van der Waals surface area contributed by atoms with Crippen molar-refractivity contribution in [2.24, 2.45) is 0 Å². The van der Waals surface area contributed by atoms with E-state index in [0.29, 0.717) is 16.6 Å². The molecule has 4 nitrogen and oxygen atoms in total. The summed E-state index contributed by atoms with van der Waals surface area (Å²) in [5.74, 6) is -0.871. The van der Waals surface area contributed by atoms with Crippen LogP contribution in [0.3, 0.4) is 0 Å². The molecule has 0 aliphatic carbocycles. The van der Waals surface area contributed by atoms with Crippen LogP contribution < -0.4 is 5.32 Å². The molecule has 70 valence electrons. The Labute approximate surface area is 83.7 Å². The van der Waals surface area contributed by atoms with Crippen molar-refractivity contribution in [2.45, 2.75) is 13.1 Å². The van der Waals surface area contributed by atoms with E-state index in [-0.39, 0.29) is 0 Å². The Bertz CT molecular complexity index is 359. The molecule has 2 heterocycles. The zero-order valence-electron chi connectivity index (χ0n) is 6.88. The van der Waals surface area contributed by atoms with Gasteiger partial charge >= 0.3 is 5.97 Å². The Hall–Kier alpha value is -0.810. The second-order valence-corrected chi connectivity index (χ2v) is 3.83. The number of carboxylic acids is 1. The smallest absolute Gasteiger partial charge is 0.338 e. The van der Waals surface area contributed by atoms with Gasteiger partial charge in [-0.15, -0.1) is 0 Å². The van der Waals surface area contributed by atoms with Gasteiger partial charge in [-0.05, 0) is 15.9 Å². The molecule has 0 radical (unpaired) electrons. The van der Waals surface area contributed by atoms with E-state index in [1.807, 2.05) is 10.8 Å². The fourth-order valence-corrected chi connectivity index (χ4v) is 2.23. The minimum Gasteiger partial charge on any atom is -0.478 e. The standard InChI is InChI=1S/C8H9BrN2O2/c9-5-4-11-2-1-10-3-6(11)7(5)8(12)13/h4,10H,1-3H2,(H,12,13). The SMILES string of the molecule is O=C(O)c1c(Br)cn2c1CNCC2. The molecule has 5 heteroatoms. The molecule has 1 aliphatic heterocycles. The molecule has 0 atom stereocenters. The summed E-state index contributed by atoms with van der Waals surface area (Å²) in [6.07, 6.45) is 1.83. The zero-order chi connectivity index (χ0) is 9.42. The highest BCUT2D eigenvalue weighted by Gasteiger charge is 2.21. The van der Waals surface area contributed by atoms with Crippen LogP contribution in [-0.4, -0.2) is 22.2 Å². The van der Waals surface area contributed by atoms with Gasteiger partial charge in [0.05, 0.1) is 10.0 Å². The summed E-state index contributed by atoms with van der Waals surface area (Å²) in [6.45, 7) is 2.36. The number of nitrogens with one attached hydrogen (secondary N) is 1. The second-order valence-electron chi connectivity index (χ2n) is 2.97. The Morgan fingerprint density at radius 1 is 1.69 bits per heavy atom. The molecule has 0 spiro atoms. The van der Waals surface area contributed by atoms with E-state index in [1.54, 1.807) is 0 Å². The molecule has 13 heavy (non-hydrogen) atoms. The molecule has 0 unspecified atom stereocenters. The van der Waals surface area contributed by atoms with Gasteiger partial charge in [-0.25, -0.2) is 4.79 Å². The molecule has 0 fully saturated rings. The number of hydrogen-bond donors (Lipinski definition) is 2. The van der Waals surface area contributed by atoms with Crippen LogP contribution in [-0.2, 0) is 13.1 Å². The average Bonchev–Trinajstić information content (AvgIpc) is 2.39. The number of fused-ring (bicyclic) bond motifs is 1. The number of halogens is 1. The molecule has 0 saturated heterocycles. The molecular formula is C8H9BrN2O2. The molecule has 1 aliphatic rings. The molecule has 0 amide bonds. The number of nitrogens with zero attached hydrogens (tertiary/aromatic N) is 1. The molecule has 1 aromatic heterocycles. The summed E-state index contributed by atoms with van der Waals surface area (Å²) in [6, 6.07) is 0. The van der Waals surface area contributed by atoms with E-state index in [9.17, 15) is 4.79 Å². The van der Waals surface area contributed by atoms with Gasteiger partial charge < -0.3 is 15.0 Å². The third-order valence-corrected chi connectivity index (χ3v) is 2.78. The lowest BCUT2D eigenvalue weighted by atomic mass is 10.2. The Morgan fingerprint density at radius 3 is 3.15 bits per heavy atom. The minimum atomic E-state index is -0.871. The van der Waals surface area contributed by atoms with E-state index < -0.39 is 5.97 Å². The van der Waals surface area contributed by atoms with Crippen molar-refractivity contribution in [3.8, 4) is 0 Å². The number of aromatic nitrogens is 1. The maximum Gasteiger partial charge on any atom is 0.338 e. The number of carboxylic acid groups (broad SMARTS) is 1. The fraction of sp³-hybridized carbons (Fsp3) is 0.375. The van der Waals surface area contributed by atoms with Gasteiger partial charge in [0.1, 0.15) is 0 Å². The topological polar surface area (TPSA) is 54.3 Å². The van der Waals surface area contributed by atoms with Gasteiger partial charge in [-0.3, -0.25) is 0 Å². The first-order valence-electron chi connectivity index (χ1n) is 4.01. The fourth-order valence-electron chi connectivity index (χ4n) is 1.58. The number of rotatable bonds is 1. The number of carbonyl (C=O) groups is 1. The predicted molar refractivity (Wildman–Crippen MR) is 50.8 cm³/mol. The zero-order valence-corrected chi connectivity index (χ0v) is 8.47. The Kier molecular flexibility index (Phi) is 2.13. The second kappa shape index (κ2) is 3.16. The Morgan fingerprint density at radius 2 is 2.46 bits per heavy atom. The highest BCUT2D eigenvalue weighted by atomic mass is 79.9. The van der Waals surface area contributed by atoms with Crippen molar-refractivity contribution in [1.82, 2.24) is 9.88 Å². The first-order valence-corrected chi connectivity index (χ1v) is 4.81. The summed E-state index contributed by atoms with van der Waals surface area (Å²) in [7, 11) is 0. The van der Waals surface area contributed by atoms with Gasteiger partial charge in [-0.2, -0.15) is 0 Å². The van der Waals surface area contributed by atoms with Crippen LogP contribution in [0, 0.1) is 0 Å². The normalized spacial score (nSPS) is 15.5. The maximum atomic E-state index is 10.9. The Balaban J connectivity index is 2.54. The minimum absolute atomic E-state index is 0.382. The van der Waals surface area contributed by atoms with E-state index in [2.05, 4.69) is 21.2 Å². The van der Waals surface area contributed by atoms with Gasteiger partial charge in [0.2, 0.25) is 0 Å². The van der Waals surface area contributed by atoms with E-state index in [0.717, 1.165) is 18.8 Å². The third-order valence-electron chi connectivity index (χ3n) is 2.18. The molecule has 0 bridgehead atoms. The van der Waals surface area contributed by atoms with Gasteiger partial charge in [-0.1, -0.05) is 0 Å². The van der Waals surface area contributed by atoms with E-state index in [1.165, 1.54) is 0 Å². The molecule has 1 aromatic rings. The van der Waals surface area contributed by atoms with Crippen LogP contribution in [0.4, 0.5) is 0 Å². The van der Waals surface area contributed by atoms with Crippen molar-refractivity contribution >= 4 is 21.9 Å². The molecule has 0 aromatic carbocycles. The largest absolute Gasteiger partial charge is 0.478 e. The quantitative estimate of drug-likeness (QED) is 0.777. The van der Waals surface area contributed by atoms with Crippen LogP contribution in [0.25, 0.3) is 0 Å². The van der Waals surface area contributed by atoms with E-state index >= 15 is 0 Å². The number of hydrogen-bond acceptors (Lipinski definition) is 2. The van der Waals surface area contributed by atoms with Crippen LogP contribution in [0.15, 0.2) is 10.7 Å². The summed E-state index contributed by atoms with van der Waals surface area (Å²) in [4.78, 5) is 10.9. The van der Waals surface area contributed by atoms with Crippen LogP contribution in [0.1, 0.15) is 16.1 Å². The summed E-state index contributed by atoms with van der Waals surface area (Å²) in [5, 5.41) is 12.1. The van der Waals surface area contributed by atoms with Crippen LogP contribution >= 0.6 is 15.9 Å². The van der Waals surface area contributed by atoms with Crippen LogP contribution in [0.2, 0.25) is 0 Å². The van der Waals surface area contributed by atoms with Gasteiger partial charge in [0.15, 0.2) is 0 Å². The maximum absolute atomic E-state index is 10.9. The summed E-state index contributed by atoms with van der Waals surface area (Å²) >= 11 is 3.25. The first-order chi connectivity index (χ1) is 6.20. The molecule has 2 N–H and O–H groups in total. The highest BCUT2D eigenvalue weighted by Crippen LogP contribution is 2.24. The van der Waals surface area contributed by atoms with E-state index in [4.69, 9.17) is 5.11 Å². The lowest BCUT2D eigenvalue weighted by Gasteiger charge is -2.16. The molecular weight excluding hydrogens is 236 g/mol. The van der Waals surface area contributed by atoms with Gasteiger partial charge in [0, 0.05) is 31.5 Å². The lowest BCUT2D eigenvalue weighted by molar-refractivity contribution is 0.0694. The number of aromatic carboxylic acids is 1. The van der Waals surface area contributed by atoms with Crippen molar-refractivity contribution in [3.05, 3.63) is 21.9 Å². The molecule has 2 rings (SSSR count). The van der Waals surface area contributed by atoms with Crippen LogP contribution in [0.5, 0.6) is 0 Å². The first kappa shape index (κ1) is 8.77. The average molecular weight is 245 g/mol. The monoisotopic (exact) mass is 244 g/mol. The lowest BCUT2D eigenvalue weighted by Crippen LogP contribution is -2.28. The van der Waals surface area contributed by atoms with Crippen molar-refractivity contribution in [2.75, 3.05) is 6.54 Å². The van der Waals surface area contributed by atoms with Crippen molar-refractivity contribution < 1.29 is 9.90 Å². The summed E-state index contributed by atoms with van der Waals surface area (Å²) < 4.78 is 2.64. The third kappa shape index (κ3) is 1.38. The highest BCUT2D eigenvalue weighted by molar-refractivity contribution is 9.10.